The summed E-state index contributed by atoms with van der Waals surface area (Å²) in [6.07, 6.45) is -4.08. The molecule has 0 saturated heterocycles. The quantitative estimate of drug-likeness (QED) is 0.890. The zero-order chi connectivity index (χ0) is 18.0. The van der Waals surface area contributed by atoms with Gasteiger partial charge in [-0.25, -0.2) is 8.78 Å². The molecular formula is C18H18F2N2O3. The maximum absolute atomic E-state index is 13.3. The average Bonchev–Trinajstić information content (AvgIpc) is 2.57. The van der Waals surface area contributed by atoms with Gasteiger partial charge in [-0.2, -0.15) is 0 Å². The number of carbonyl (C=O) groups is 1. The fourth-order valence-corrected chi connectivity index (χ4v) is 3.02. The van der Waals surface area contributed by atoms with Crippen LogP contribution in [0.2, 0.25) is 0 Å². The number of hydrogen-bond donors (Lipinski definition) is 2. The van der Waals surface area contributed by atoms with Gasteiger partial charge >= 0.3 is 0 Å². The molecule has 25 heavy (non-hydrogen) atoms. The number of carbonyl (C=O) groups excluding carboxylic acids is 1. The third-order valence-electron chi connectivity index (χ3n) is 4.16. The Bertz CT molecular complexity index is 835. The lowest BCUT2D eigenvalue weighted by Gasteiger charge is -2.32. The highest BCUT2D eigenvalue weighted by Crippen LogP contribution is 2.33. The molecule has 0 radical (unpaired) electrons. The number of amides is 1. The normalized spacial score (nSPS) is 19.2. The summed E-state index contributed by atoms with van der Waals surface area (Å²) < 4.78 is 32.0. The lowest BCUT2D eigenvalue weighted by atomic mass is 9.90. The van der Waals surface area contributed by atoms with Crippen LogP contribution in [-0.2, 0) is 17.8 Å². The van der Waals surface area contributed by atoms with Crippen molar-refractivity contribution in [2.75, 3.05) is 0 Å². The predicted molar refractivity (Wildman–Crippen MR) is 87.7 cm³/mol. The lowest BCUT2D eigenvalue weighted by Crippen LogP contribution is -2.47. The van der Waals surface area contributed by atoms with Gasteiger partial charge in [0.05, 0.1) is 5.92 Å². The number of pyridine rings is 1. The molecule has 0 spiro atoms. The first-order valence-corrected chi connectivity index (χ1v) is 7.94. The van der Waals surface area contributed by atoms with E-state index in [9.17, 15) is 18.4 Å². The van der Waals surface area contributed by atoms with E-state index >= 15 is 0 Å². The fourth-order valence-electron chi connectivity index (χ4n) is 3.02. The molecule has 1 aromatic carbocycles. The SMILES string of the molecule is Cc1cc(CNC(=O)[C@@H]2Cc3ccccc3O[C@H]2C(F)F)cc(=O)[nH]1. The van der Waals surface area contributed by atoms with Crippen LogP contribution in [0.4, 0.5) is 8.78 Å². The molecule has 2 heterocycles. The third kappa shape index (κ3) is 3.87. The van der Waals surface area contributed by atoms with Gasteiger partial charge in [0.1, 0.15) is 5.75 Å². The van der Waals surface area contributed by atoms with Crippen LogP contribution in [0.25, 0.3) is 0 Å². The number of ether oxygens (including phenoxy) is 1. The minimum atomic E-state index is -2.77. The largest absolute Gasteiger partial charge is 0.483 e. The van der Waals surface area contributed by atoms with Gasteiger partial charge in [0.25, 0.3) is 6.43 Å². The van der Waals surface area contributed by atoms with Crippen molar-refractivity contribution in [2.45, 2.75) is 32.4 Å². The molecule has 1 aliphatic rings. The highest BCUT2D eigenvalue weighted by atomic mass is 19.3. The number of aromatic amines is 1. The highest BCUT2D eigenvalue weighted by Gasteiger charge is 2.40. The molecule has 132 valence electrons. The predicted octanol–water partition coefficient (Wildman–Crippen LogP) is 2.18. The van der Waals surface area contributed by atoms with E-state index in [2.05, 4.69) is 10.3 Å². The van der Waals surface area contributed by atoms with E-state index in [4.69, 9.17) is 4.74 Å². The molecule has 1 aromatic heterocycles. The molecule has 7 heteroatoms. The lowest BCUT2D eigenvalue weighted by molar-refractivity contribution is -0.133. The highest BCUT2D eigenvalue weighted by molar-refractivity contribution is 5.80. The second-order valence-electron chi connectivity index (χ2n) is 6.09. The number of fused-ring (bicyclic) bond motifs is 1. The van der Waals surface area contributed by atoms with Gasteiger partial charge in [0.15, 0.2) is 6.10 Å². The Morgan fingerprint density at radius 3 is 2.84 bits per heavy atom. The number of nitrogens with one attached hydrogen (secondary N) is 2. The summed E-state index contributed by atoms with van der Waals surface area (Å²) in [6, 6.07) is 9.95. The van der Waals surface area contributed by atoms with Crippen LogP contribution < -0.4 is 15.6 Å². The van der Waals surface area contributed by atoms with Crippen LogP contribution in [-0.4, -0.2) is 23.4 Å². The molecule has 3 rings (SSSR count). The maximum Gasteiger partial charge on any atom is 0.275 e. The van der Waals surface area contributed by atoms with E-state index in [0.29, 0.717) is 17.0 Å². The Morgan fingerprint density at radius 1 is 1.36 bits per heavy atom. The van der Waals surface area contributed by atoms with Crippen LogP contribution in [0.15, 0.2) is 41.2 Å². The molecule has 5 nitrogen and oxygen atoms in total. The summed E-state index contributed by atoms with van der Waals surface area (Å²) in [5, 5.41) is 2.63. The van der Waals surface area contributed by atoms with Gasteiger partial charge in [-0.1, -0.05) is 18.2 Å². The minimum Gasteiger partial charge on any atom is -0.483 e. The molecule has 0 unspecified atom stereocenters. The van der Waals surface area contributed by atoms with Crippen LogP contribution in [0.1, 0.15) is 16.8 Å². The van der Waals surface area contributed by atoms with Gasteiger partial charge in [-0.3, -0.25) is 9.59 Å². The first kappa shape index (κ1) is 17.1. The van der Waals surface area contributed by atoms with Gasteiger partial charge in [-0.05, 0) is 36.6 Å². The number of H-pyrrole nitrogens is 1. The second-order valence-corrected chi connectivity index (χ2v) is 6.09. The number of aryl methyl sites for hydroxylation is 1. The van der Waals surface area contributed by atoms with Crippen LogP contribution >= 0.6 is 0 Å². The molecule has 2 aromatic rings. The third-order valence-corrected chi connectivity index (χ3v) is 4.16. The summed E-state index contributed by atoms with van der Waals surface area (Å²) in [5.41, 5.74) is 1.73. The number of benzene rings is 1. The summed E-state index contributed by atoms with van der Waals surface area (Å²) in [7, 11) is 0. The van der Waals surface area contributed by atoms with Gasteiger partial charge in [0.2, 0.25) is 11.5 Å². The van der Waals surface area contributed by atoms with Crippen LogP contribution in [0, 0.1) is 12.8 Å². The number of aromatic nitrogens is 1. The van der Waals surface area contributed by atoms with Crippen molar-refractivity contribution in [3.05, 3.63) is 63.6 Å². The average molecular weight is 348 g/mol. The zero-order valence-corrected chi connectivity index (χ0v) is 13.6. The molecule has 1 amide bonds. The minimum absolute atomic E-state index is 0.0949. The zero-order valence-electron chi connectivity index (χ0n) is 13.6. The Kier molecular flexibility index (Phi) is 4.83. The van der Waals surface area contributed by atoms with Crippen LogP contribution in [0.3, 0.4) is 0 Å². The monoisotopic (exact) mass is 348 g/mol. The summed E-state index contributed by atoms with van der Waals surface area (Å²) in [6.45, 7) is 1.82. The number of para-hydroxylation sites is 1. The number of alkyl halides is 2. The van der Waals surface area contributed by atoms with Gasteiger partial charge < -0.3 is 15.0 Å². The number of hydrogen-bond acceptors (Lipinski definition) is 3. The molecule has 0 bridgehead atoms. The molecule has 2 atom stereocenters. The number of halogens is 2. The standard InChI is InChI=1S/C18H18F2N2O3/c1-10-6-11(7-15(23)22-10)9-21-18(24)13-8-12-4-2-3-5-14(12)25-16(13)17(19)20/h2-7,13,16-17H,8-9H2,1H3,(H,21,24)(H,22,23)/t13-,16-/m1/s1. The Labute approximate surface area is 143 Å². The van der Waals surface area contributed by atoms with E-state index in [1.165, 1.54) is 6.07 Å². The summed E-state index contributed by atoms with van der Waals surface area (Å²) in [5.74, 6) is -1.11. The van der Waals surface area contributed by atoms with Gasteiger partial charge in [0, 0.05) is 18.3 Å². The van der Waals surface area contributed by atoms with E-state index in [-0.39, 0.29) is 18.5 Å². The van der Waals surface area contributed by atoms with Crippen molar-refractivity contribution in [1.82, 2.24) is 10.3 Å². The smallest absolute Gasteiger partial charge is 0.275 e. The van der Waals surface area contributed by atoms with Crippen molar-refractivity contribution >= 4 is 5.91 Å². The van der Waals surface area contributed by atoms with Crippen LogP contribution in [0.5, 0.6) is 5.75 Å². The molecule has 1 aliphatic heterocycles. The molecular weight excluding hydrogens is 330 g/mol. The molecule has 0 aliphatic carbocycles. The Morgan fingerprint density at radius 2 is 2.12 bits per heavy atom. The second kappa shape index (κ2) is 7.04. The summed E-state index contributed by atoms with van der Waals surface area (Å²) in [4.78, 5) is 26.5. The Balaban J connectivity index is 1.74. The first-order valence-electron chi connectivity index (χ1n) is 7.94. The van der Waals surface area contributed by atoms with E-state index in [1.54, 1.807) is 37.3 Å². The molecule has 0 fully saturated rings. The van der Waals surface area contributed by atoms with E-state index in [1.807, 2.05) is 0 Å². The first-order chi connectivity index (χ1) is 11.9. The van der Waals surface area contributed by atoms with Crippen molar-refractivity contribution < 1.29 is 18.3 Å². The number of rotatable bonds is 4. The summed E-state index contributed by atoms with van der Waals surface area (Å²) >= 11 is 0. The van der Waals surface area contributed by atoms with Gasteiger partial charge in [-0.15, -0.1) is 0 Å². The van der Waals surface area contributed by atoms with E-state index in [0.717, 1.165) is 5.56 Å². The Hall–Kier alpha value is -2.70. The maximum atomic E-state index is 13.3. The van der Waals surface area contributed by atoms with E-state index < -0.39 is 24.4 Å². The van der Waals surface area contributed by atoms with Crippen molar-refractivity contribution in [3.63, 3.8) is 0 Å². The molecule has 0 saturated carbocycles. The fraction of sp³-hybridized carbons (Fsp3) is 0.333. The topological polar surface area (TPSA) is 71.2 Å². The van der Waals surface area contributed by atoms with Crippen molar-refractivity contribution in [3.8, 4) is 5.75 Å². The molecule has 2 N–H and O–H groups in total. The van der Waals surface area contributed by atoms with Crippen molar-refractivity contribution in [2.24, 2.45) is 5.92 Å². The van der Waals surface area contributed by atoms with Crippen molar-refractivity contribution in [1.29, 1.82) is 0 Å².